The lowest BCUT2D eigenvalue weighted by molar-refractivity contribution is 0.586. The molecule has 3 heteroatoms. The number of rotatable bonds is 5. The molecule has 2 aromatic rings. The largest absolute Gasteiger partial charge is 0.342 e. The third kappa shape index (κ3) is 2.79. The summed E-state index contributed by atoms with van der Waals surface area (Å²) < 4.78 is 0. The van der Waals surface area contributed by atoms with Crippen LogP contribution in [0.5, 0.6) is 0 Å². The van der Waals surface area contributed by atoms with Crippen molar-refractivity contribution in [2.75, 3.05) is 13.6 Å². The van der Waals surface area contributed by atoms with Crippen LogP contribution in [0.4, 0.5) is 0 Å². The Balaban J connectivity index is 2.24. The average Bonchev–Trinajstić information content (AvgIpc) is 2.85. The van der Waals surface area contributed by atoms with Crippen molar-refractivity contribution in [3.05, 3.63) is 41.9 Å². The van der Waals surface area contributed by atoms with E-state index in [1.54, 1.807) is 0 Å². The van der Waals surface area contributed by atoms with E-state index in [2.05, 4.69) is 53.4 Å². The maximum Gasteiger partial charge on any atom is 0.110 e. The lowest BCUT2D eigenvalue weighted by atomic mass is 10.1. The molecule has 1 heterocycles. The van der Waals surface area contributed by atoms with Crippen LogP contribution in [-0.4, -0.2) is 23.6 Å². The molecule has 3 nitrogen and oxygen atoms in total. The van der Waals surface area contributed by atoms with Crippen molar-refractivity contribution in [3.63, 3.8) is 0 Å². The number of aromatic nitrogens is 2. The van der Waals surface area contributed by atoms with Crippen LogP contribution in [-0.2, 0) is 0 Å². The number of hydrogen-bond donors (Lipinski definition) is 2. The van der Waals surface area contributed by atoms with Crippen LogP contribution < -0.4 is 5.32 Å². The Kier molecular flexibility index (Phi) is 4.15. The van der Waals surface area contributed by atoms with E-state index >= 15 is 0 Å². The molecule has 0 bridgehead atoms. The lowest BCUT2D eigenvalue weighted by Crippen LogP contribution is -2.17. The fourth-order valence-electron chi connectivity index (χ4n) is 2.18. The van der Waals surface area contributed by atoms with Crippen molar-refractivity contribution in [3.8, 4) is 11.3 Å². The second kappa shape index (κ2) is 5.83. The summed E-state index contributed by atoms with van der Waals surface area (Å²) in [4.78, 5) is 7.96. The van der Waals surface area contributed by atoms with Gasteiger partial charge >= 0.3 is 0 Å². The van der Waals surface area contributed by atoms with E-state index in [9.17, 15) is 0 Å². The Morgan fingerprint density at radius 2 is 2.22 bits per heavy atom. The molecule has 0 saturated heterocycles. The minimum atomic E-state index is 0.452. The first-order chi connectivity index (χ1) is 8.74. The molecule has 1 atom stereocenters. The van der Waals surface area contributed by atoms with Crippen LogP contribution in [0.2, 0.25) is 0 Å². The molecule has 0 fully saturated rings. The van der Waals surface area contributed by atoms with Crippen molar-refractivity contribution in [1.82, 2.24) is 15.3 Å². The van der Waals surface area contributed by atoms with Crippen LogP contribution >= 0.6 is 0 Å². The van der Waals surface area contributed by atoms with E-state index in [4.69, 9.17) is 0 Å². The van der Waals surface area contributed by atoms with E-state index in [1.807, 2.05) is 13.2 Å². The summed E-state index contributed by atoms with van der Waals surface area (Å²) in [6.07, 6.45) is 3.02. The number of H-pyrrole nitrogens is 1. The van der Waals surface area contributed by atoms with Crippen LogP contribution in [0.1, 0.15) is 30.7 Å². The molecule has 0 spiro atoms. The standard InChI is InChI=1S/C15H21N3/c1-4-12(9-16-3)15-17-10-14(18-15)13-7-5-6-11(2)8-13/h5-8,10,12,16H,4,9H2,1-3H3,(H,17,18). The number of imidazole rings is 1. The van der Waals surface area contributed by atoms with Crippen molar-refractivity contribution < 1.29 is 0 Å². The van der Waals surface area contributed by atoms with Gasteiger partial charge in [-0.15, -0.1) is 0 Å². The van der Waals surface area contributed by atoms with Crippen LogP contribution in [0.15, 0.2) is 30.5 Å². The van der Waals surface area contributed by atoms with Gasteiger partial charge in [0.05, 0.1) is 11.9 Å². The molecule has 0 aliphatic carbocycles. The van der Waals surface area contributed by atoms with E-state index in [0.29, 0.717) is 5.92 Å². The van der Waals surface area contributed by atoms with E-state index in [0.717, 1.165) is 24.5 Å². The minimum Gasteiger partial charge on any atom is -0.342 e. The van der Waals surface area contributed by atoms with Gasteiger partial charge in [-0.1, -0.05) is 30.7 Å². The molecule has 2 rings (SSSR count). The molecular weight excluding hydrogens is 222 g/mol. The molecular formula is C15H21N3. The lowest BCUT2D eigenvalue weighted by Gasteiger charge is -2.10. The Labute approximate surface area is 109 Å². The summed E-state index contributed by atoms with van der Waals surface area (Å²) in [6, 6.07) is 8.48. The zero-order valence-electron chi connectivity index (χ0n) is 11.3. The van der Waals surface area contributed by atoms with Crippen LogP contribution in [0.25, 0.3) is 11.3 Å². The molecule has 0 aliphatic rings. The number of benzene rings is 1. The van der Waals surface area contributed by atoms with Gasteiger partial charge in [-0.3, -0.25) is 0 Å². The third-order valence-electron chi connectivity index (χ3n) is 3.25. The first-order valence-corrected chi connectivity index (χ1v) is 6.51. The highest BCUT2D eigenvalue weighted by Crippen LogP contribution is 2.22. The van der Waals surface area contributed by atoms with Crippen LogP contribution in [0, 0.1) is 6.92 Å². The highest BCUT2D eigenvalue weighted by Gasteiger charge is 2.12. The predicted molar refractivity (Wildman–Crippen MR) is 75.7 cm³/mol. The van der Waals surface area contributed by atoms with E-state index in [-0.39, 0.29) is 0 Å². The molecule has 0 saturated carbocycles. The number of nitrogens with zero attached hydrogens (tertiary/aromatic N) is 1. The molecule has 2 N–H and O–H groups in total. The number of hydrogen-bond acceptors (Lipinski definition) is 2. The summed E-state index contributed by atoms with van der Waals surface area (Å²) in [7, 11) is 1.98. The van der Waals surface area contributed by atoms with Gasteiger partial charge in [-0.2, -0.15) is 0 Å². The van der Waals surface area contributed by atoms with Gasteiger partial charge in [0.15, 0.2) is 0 Å². The normalized spacial score (nSPS) is 12.6. The molecule has 1 aromatic heterocycles. The molecule has 96 valence electrons. The van der Waals surface area contributed by atoms with Gasteiger partial charge in [-0.05, 0) is 32.0 Å². The van der Waals surface area contributed by atoms with E-state index in [1.165, 1.54) is 11.1 Å². The molecule has 1 unspecified atom stereocenters. The second-order valence-electron chi connectivity index (χ2n) is 4.71. The van der Waals surface area contributed by atoms with E-state index < -0.39 is 0 Å². The Bertz CT molecular complexity index is 502. The Morgan fingerprint density at radius 1 is 1.39 bits per heavy atom. The zero-order valence-corrected chi connectivity index (χ0v) is 11.3. The molecule has 0 aliphatic heterocycles. The number of aromatic amines is 1. The van der Waals surface area contributed by atoms with Crippen LogP contribution in [0.3, 0.4) is 0 Å². The number of aryl methyl sites for hydroxylation is 1. The van der Waals surface area contributed by atoms with Crippen molar-refractivity contribution in [2.24, 2.45) is 0 Å². The summed E-state index contributed by atoms with van der Waals surface area (Å²) in [5.41, 5.74) is 3.57. The highest BCUT2D eigenvalue weighted by atomic mass is 14.9. The topological polar surface area (TPSA) is 40.7 Å². The minimum absolute atomic E-state index is 0.452. The van der Waals surface area contributed by atoms with Crippen molar-refractivity contribution >= 4 is 0 Å². The molecule has 1 aromatic carbocycles. The first kappa shape index (κ1) is 12.8. The zero-order chi connectivity index (χ0) is 13.0. The maximum absolute atomic E-state index is 4.52. The Morgan fingerprint density at radius 3 is 2.89 bits per heavy atom. The van der Waals surface area contributed by atoms with Gasteiger partial charge in [0, 0.05) is 12.5 Å². The first-order valence-electron chi connectivity index (χ1n) is 6.51. The van der Waals surface area contributed by atoms with Gasteiger partial charge in [0.25, 0.3) is 0 Å². The second-order valence-corrected chi connectivity index (χ2v) is 4.71. The van der Waals surface area contributed by atoms with Crippen molar-refractivity contribution in [1.29, 1.82) is 0 Å². The summed E-state index contributed by atoms with van der Waals surface area (Å²) >= 11 is 0. The fourth-order valence-corrected chi connectivity index (χ4v) is 2.18. The third-order valence-corrected chi connectivity index (χ3v) is 3.25. The fraction of sp³-hybridized carbons (Fsp3) is 0.400. The maximum atomic E-state index is 4.52. The molecule has 18 heavy (non-hydrogen) atoms. The number of nitrogens with one attached hydrogen (secondary N) is 2. The Hall–Kier alpha value is -1.61. The smallest absolute Gasteiger partial charge is 0.110 e. The highest BCUT2D eigenvalue weighted by molar-refractivity contribution is 5.59. The van der Waals surface area contributed by atoms with Gasteiger partial charge in [0.1, 0.15) is 5.82 Å². The average molecular weight is 243 g/mol. The predicted octanol–water partition coefficient (Wildman–Crippen LogP) is 3.10. The molecule has 0 amide bonds. The number of likely N-dealkylation sites (N-methyl/N-ethyl adjacent to an activating group) is 1. The van der Waals surface area contributed by atoms with Gasteiger partial charge in [0.2, 0.25) is 0 Å². The molecule has 0 radical (unpaired) electrons. The van der Waals surface area contributed by atoms with Crippen molar-refractivity contribution in [2.45, 2.75) is 26.2 Å². The quantitative estimate of drug-likeness (QED) is 0.847. The summed E-state index contributed by atoms with van der Waals surface area (Å²) in [5, 5.41) is 3.22. The van der Waals surface area contributed by atoms with Gasteiger partial charge in [-0.25, -0.2) is 4.98 Å². The SMILES string of the molecule is CCC(CNC)c1ncc(-c2cccc(C)c2)[nH]1. The summed E-state index contributed by atoms with van der Waals surface area (Å²) in [6.45, 7) is 5.25. The van der Waals surface area contributed by atoms with Gasteiger partial charge < -0.3 is 10.3 Å². The summed E-state index contributed by atoms with van der Waals surface area (Å²) in [5.74, 6) is 1.52. The monoisotopic (exact) mass is 243 g/mol.